The zero-order chi connectivity index (χ0) is 13.1. The fourth-order valence-electron chi connectivity index (χ4n) is 1.87. The predicted molar refractivity (Wildman–Crippen MR) is 76.1 cm³/mol. The minimum Gasteiger partial charge on any atom is -0.494 e. The van der Waals surface area contributed by atoms with Gasteiger partial charge in [0.2, 0.25) is 0 Å². The lowest BCUT2D eigenvalue weighted by atomic mass is 10.1. The first kappa shape index (κ1) is 13.1. The van der Waals surface area contributed by atoms with E-state index in [1.54, 1.807) is 0 Å². The molecule has 3 nitrogen and oxygen atoms in total. The molecule has 2 rings (SSSR count). The smallest absolute Gasteiger partial charge is 0.127 e. The molecule has 0 unspecified atom stereocenters. The topological polar surface area (TPSA) is 27.1 Å². The number of hydrogen-bond acceptors (Lipinski definition) is 2. The summed E-state index contributed by atoms with van der Waals surface area (Å²) in [6, 6.07) is 8.21. The number of aromatic nitrogens is 2. The molecule has 96 valence electrons. The fraction of sp³-hybridized carbons (Fsp3) is 0.357. The lowest BCUT2D eigenvalue weighted by Gasteiger charge is -2.07. The summed E-state index contributed by atoms with van der Waals surface area (Å²) in [4.78, 5) is 4.41. The third-order valence-electron chi connectivity index (χ3n) is 2.99. The largest absolute Gasteiger partial charge is 0.494 e. The number of ether oxygens (including phenoxy) is 1. The van der Waals surface area contributed by atoms with Crippen LogP contribution < -0.4 is 4.74 Å². The van der Waals surface area contributed by atoms with Crippen molar-refractivity contribution in [1.82, 2.24) is 9.55 Å². The Morgan fingerprint density at radius 2 is 1.94 bits per heavy atom. The van der Waals surface area contributed by atoms with Crippen LogP contribution >= 0.6 is 15.9 Å². The van der Waals surface area contributed by atoms with Crippen LogP contribution in [0.3, 0.4) is 0 Å². The Bertz CT molecular complexity index is 531. The van der Waals surface area contributed by atoms with Crippen molar-refractivity contribution in [1.29, 1.82) is 0 Å². The molecular formula is C14H17BrN2O. The molecule has 0 amide bonds. The van der Waals surface area contributed by atoms with Gasteiger partial charge >= 0.3 is 0 Å². The molecule has 0 radical (unpaired) electrons. The first-order valence-corrected chi connectivity index (χ1v) is 6.80. The molecule has 1 aromatic heterocycles. The van der Waals surface area contributed by atoms with Crippen LogP contribution in [-0.4, -0.2) is 16.2 Å². The number of benzene rings is 1. The van der Waals surface area contributed by atoms with Gasteiger partial charge in [-0.05, 0) is 47.5 Å². The van der Waals surface area contributed by atoms with Crippen LogP contribution in [0.1, 0.15) is 24.0 Å². The molecule has 0 aliphatic rings. The molecule has 0 spiro atoms. The zero-order valence-electron chi connectivity index (χ0n) is 10.9. The van der Waals surface area contributed by atoms with Crippen LogP contribution in [0.25, 0.3) is 0 Å². The van der Waals surface area contributed by atoms with E-state index in [9.17, 15) is 0 Å². The molecule has 4 heteroatoms. The fourth-order valence-corrected chi connectivity index (χ4v) is 2.53. The van der Waals surface area contributed by atoms with E-state index in [-0.39, 0.29) is 0 Å². The average molecular weight is 309 g/mol. The Hall–Kier alpha value is -1.29. The Labute approximate surface area is 116 Å². The molecule has 0 aliphatic carbocycles. The molecule has 0 fully saturated rings. The summed E-state index contributed by atoms with van der Waals surface area (Å²) in [7, 11) is 2.04. The van der Waals surface area contributed by atoms with E-state index in [1.807, 2.05) is 33.0 Å². The van der Waals surface area contributed by atoms with Gasteiger partial charge in [0.25, 0.3) is 0 Å². The third kappa shape index (κ3) is 2.75. The van der Waals surface area contributed by atoms with Gasteiger partial charge < -0.3 is 9.30 Å². The SMILES string of the molecule is CCOc1ccc(Cc2c(Br)nc(C)n2C)cc1. The molecule has 0 bridgehead atoms. The number of imidazole rings is 1. The molecule has 0 N–H and O–H groups in total. The molecular weight excluding hydrogens is 292 g/mol. The van der Waals surface area contributed by atoms with Crippen LogP contribution in [0, 0.1) is 6.92 Å². The molecule has 18 heavy (non-hydrogen) atoms. The number of hydrogen-bond donors (Lipinski definition) is 0. The number of nitrogens with zero attached hydrogens (tertiary/aromatic N) is 2. The van der Waals surface area contributed by atoms with Crippen molar-refractivity contribution in [3.8, 4) is 5.75 Å². The quantitative estimate of drug-likeness (QED) is 0.864. The van der Waals surface area contributed by atoms with E-state index in [1.165, 1.54) is 11.3 Å². The summed E-state index contributed by atoms with van der Waals surface area (Å²) in [5.41, 5.74) is 2.44. The Balaban J connectivity index is 2.18. The van der Waals surface area contributed by atoms with E-state index in [2.05, 4.69) is 37.6 Å². The minimum absolute atomic E-state index is 0.700. The van der Waals surface area contributed by atoms with Gasteiger partial charge in [-0.2, -0.15) is 0 Å². The average Bonchev–Trinajstić information content (AvgIpc) is 2.59. The molecule has 1 heterocycles. The van der Waals surface area contributed by atoms with E-state index in [0.717, 1.165) is 22.6 Å². The summed E-state index contributed by atoms with van der Waals surface area (Å²) < 4.78 is 8.47. The molecule has 0 aliphatic heterocycles. The van der Waals surface area contributed by atoms with Crippen molar-refractivity contribution in [2.75, 3.05) is 6.61 Å². The van der Waals surface area contributed by atoms with Gasteiger partial charge in [0.15, 0.2) is 0 Å². The summed E-state index contributed by atoms with van der Waals surface area (Å²) >= 11 is 3.51. The van der Waals surface area contributed by atoms with Gasteiger partial charge in [-0.1, -0.05) is 12.1 Å². The van der Waals surface area contributed by atoms with Gasteiger partial charge in [0.1, 0.15) is 16.2 Å². The maximum Gasteiger partial charge on any atom is 0.127 e. The Morgan fingerprint density at radius 3 is 2.44 bits per heavy atom. The molecule has 1 aromatic carbocycles. The van der Waals surface area contributed by atoms with Crippen LogP contribution in [0.15, 0.2) is 28.9 Å². The second-order valence-corrected chi connectivity index (χ2v) is 4.96. The first-order valence-electron chi connectivity index (χ1n) is 6.01. The van der Waals surface area contributed by atoms with E-state index in [0.29, 0.717) is 6.61 Å². The van der Waals surface area contributed by atoms with Crippen molar-refractivity contribution >= 4 is 15.9 Å². The van der Waals surface area contributed by atoms with Gasteiger partial charge in [-0.25, -0.2) is 4.98 Å². The highest BCUT2D eigenvalue weighted by molar-refractivity contribution is 9.10. The molecule has 0 saturated heterocycles. The second kappa shape index (κ2) is 5.57. The van der Waals surface area contributed by atoms with Crippen LogP contribution in [0.4, 0.5) is 0 Å². The van der Waals surface area contributed by atoms with Crippen molar-refractivity contribution in [2.45, 2.75) is 20.3 Å². The monoisotopic (exact) mass is 308 g/mol. The number of aryl methyl sites for hydroxylation is 1. The number of halogens is 1. The predicted octanol–water partition coefficient (Wildman–Crippen LogP) is 3.48. The summed E-state index contributed by atoms with van der Waals surface area (Å²) in [6.07, 6.45) is 0.865. The molecule has 0 saturated carbocycles. The normalized spacial score (nSPS) is 10.7. The van der Waals surface area contributed by atoms with Crippen molar-refractivity contribution in [2.24, 2.45) is 7.05 Å². The van der Waals surface area contributed by atoms with Gasteiger partial charge in [0, 0.05) is 13.5 Å². The van der Waals surface area contributed by atoms with Crippen LogP contribution in [0.2, 0.25) is 0 Å². The summed E-state index contributed by atoms with van der Waals surface area (Å²) in [6.45, 7) is 4.70. The lowest BCUT2D eigenvalue weighted by Crippen LogP contribution is -2.00. The van der Waals surface area contributed by atoms with Gasteiger partial charge in [-0.3, -0.25) is 0 Å². The number of rotatable bonds is 4. The van der Waals surface area contributed by atoms with Crippen molar-refractivity contribution < 1.29 is 4.74 Å². The second-order valence-electron chi connectivity index (χ2n) is 4.21. The van der Waals surface area contributed by atoms with Crippen molar-refractivity contribution in [3.63, 3.8) is 0 Å². The van der Waals surface area contributed by atoms with Crippen LogP contribution in [0.5, 0.6) is 5.75 Å². The van der Waals surface area contributed by atoms with E-state index < -0.39 is 0 Å². The summed E-state index contributed by atoms with van der Waals surface area (Å²) in [5, 5.41) is 0. The highest BCUT2D eigenvalue weighted by atomic mass is 79.9. The zero-order valence-corrected chi connectivity index (χ0v) is 12.5. The van der Waals surface area contributed by atoms with E-state index in [4.69, 9.17) is 4.74 Å². The standard InChI is InChI=1S/C14H17BrN2O/c1-4-18-12-7-5-11(6-8-12)9-13-14(15)16-10(2)17(13)3/h5-8H,4,9H2,1-3H3. The summed E-state index contributed by atoms with van der Waals surface area (Å²) in [5.74, 6) is 1.93. The maximum absolute atomic E-state index is 5.44. The lowest BCUT2D eigenvalue weighted by molar-refractivity contribution is 0.340. The van der Waals surface area contributed by atoms with Gasteiger partial charge in [-0.15, -0.1) is 0 Å². The molecule has 0 atom stereocenters. The van der Waals surface area contributed by atoms with Crippen molar-refractivity contribution in [3.05, 3.63) is 46.0 Å². The Morgan fingerprint density at radius 1 is 1.28 bits per heavy atom. The molecule has 2 aromatic rings. The van der Waals surface area contributed by atoms with Crippen LogP contribution in [-0.2, 0) is 13.5 Å². The first-order chi connectivity index (χ1) is 8.61. The highest BCUT2D eigenvalue weighted by Crippen LogP contribution is 2.21. The van der Waals surface area contributed by atoms with Gasteiger partial charge in [0.05, 0.1) is 12.3 Å². The Kier molecular flexibility index (Phi) is 4.07. The maximum atomic E-state index is 5.44. The van der Waals surface area contributed by atoms with E-state index >= 15 is 0 Å². The third-order valence-corrected chi connectivity index (χ3v) is 3.63. The highest BCUT2D eigenvalue weighted by Gasteiger charge is 2.10. The minimum atomic E-state index is 0.700.